The summed E-state index contributed by atoms with van der Waals surface area (Å²) in [6, 6.07) is 10.9. The maximum absolute atomic E-state index is 12.6. The van der Waals surface area contributed by atoms with Gasteiger partial charge in [0.05, 0.1) is 4.90 Å². The van der Waals surface area contributed by atoms with Crippen molar-refractivity contribution in [2.24, 2.45) is 0 Å². The zero-order valence-electron chi connectivity index (χ0n) is 11.1. The van der Waals surface area contributed by atoms with E-state index in [2.05, 4.69) is 0 Å². The van der Waals surface area contributed by atoms with Crippen LogP contribution in [0.2, 0.25) is 0 Å². The van der Waals surface area contributed by atoms with Crippen LogP contribution in [0.1, 0.15) is 6.92 Å². The summed E-state index contributed by atoms with van der Waals surface area (Å²) < 4.78 is 26.0. The average Bonchev–Trinajstić information content (AvgIpc) is 2.44. The molecule has 1 unspecified atom stereocenters. The maximum Gasteiger partial charge on any atom is 0.321 e. The molecular weight excluding hydrogens is 278 g/mol. The van der Waals surface area contributed by atoms with Gasteiger partial charge in [0, 0.05) is 12.4 Å². The van der Waals surface area contributed by atoms with Crippen LogP contribution in [0.25, 0.3) is 10.8 Å². The van der Waals surface area contributed by atoms with Gasteiger partial charge in [0.2, 0.25) is 10.0 Å². The lowest BCUT2D eigenvalue weighted by atomic mass is 10.1. The predicted octanol–water partition coefficient (Wildman–Crippen LogP) is 1.93. The van der Waals surface area contributed by atoms with Crippen LogP contribution in [0, 0.1) is 0 Å². The first kappa shape index (κ1) is 14.5. The first-order valence-electron chi connectivity index (χ1n) is 6.04. The minimum Gasteiger partial charge on any atom is -0.480 e. The van der Waals surface area contributed by atoms with Gasteiger partial charge in [-0.25, -0.2) is 8.42 Å². The van der Waals surface area contributed by atoms with Crippen molar-refractivity contribution >= 4 is 26.8 Å². The molecule has 0 aliphatic carbocycles. The Balaban J connectivity index is 2.61. The molecule has 0 aliphatic heterocycles. The molecule has 0 saturated carbocycles. The molecule has 0 spiro atoms. The summed E-state index contributed by atoms with van der Waals surface area (Å²) in [6.07, 6.45) is 0. The number of carboxylic acid groups (broad SMARTS) is 1. The number of rotatable bonds is 4. The molecular formula is C14H15NO4S. The van der Waals surface area contributed by atoms with Gasteiger partial charge in [0.15, 0.2) is 0 Å². The van der Waals surface area contributed by atoms with Crippen LogP contribution in [-0.4, -0.2) is 36.9 Å². The van der Waals surface area contributed by atoms with E-state index in [0.29, 0.717) is 5.39 Å². The molecule has 2 aromatic carbocycles. The van der Waals surface area contributed by atoms with Crippen molar-refractivity contribution in [1.29, 1.82) is 0 Å². The van der Waals surface area contributed by atoms with Crippen molar-refractivity contribution in [2.45, 2.75) is 17.9 Å². The van der Waals surface area contributed by atoms with Gasteiger partial charge in [-0.1, -0.05) is 36.4 Å². The van der Waals surface area contributed by atoms with Crippen molar-refractivity contribution in [2.75, 3.05) is 7.05 Å². The van der Waals surface area contributed by atoms with Crippen LogP contribution in [0.5, 0.6) is 0 Å². The third-order valence-electron chi connectivity index (χ3n) is 3.31. The Hall–Kier alpha value is -1.92. The summed E-state index contributed by atoms with van der Waals surface area (Å²) in [5, 5.41) is 10.3. The summed E-state index contributed by atoms with van der Waals surface area (Å²) in [5.74, 6) is -1.18. The number of hydrogen-bond acceptors (Lipinski definition) is 3. The molecule has 6 heteroatoms. The maximum atomic E-state index is 12.6. The molecule has 0 saturated heterocycles. The normalized spacial score (nSPS) is 13.6. The SMILES string of the molecule is CC(C(=O)O)N(C)S(=O)(=O)c1cccc2ccccc12. The van der Waals surface area contributed by atoms with Crippen LogP contribution in [0.4, 0.5) is 0 Å². The van der Waals surface area contributed by atoms with Gasteiger partial charge in [0.25, 0.3) is 0 Å². The zero-order chi connectivity index (χ0) is 14.9. The van der Waals surface area contributed by atoms with E-state index in [9.17, 15) is 13.2 Å². The number of benzene rings is 2. The lowest BCUT2D eigenvalue weighted by molar-refractivity contribution is -0.140. The molecule has 2 aromatic rings. The summed E-state index contributed by atoms with van der Waals surface area (Å²) in [7, 11) is -2.58. The zero-order valence-corrected chi connectivity index (χ0v) is 12.0. The first-order valence-corrected chi connectivity index (χ1v) is 7.48. The Morgan fingerprint density at radius 2 is 1.75 bits per heavy atom. The highest BCUT2D eigenvalue weighted by Crippen LogP contribution is 2.25. The van der Waals surface area contributed by atoms with Crippen molar-refractivity contribution in [1.82, 2.24) is 4.31 Å². The van der Waals surface area contributed by atoms with Crippen molar-refractivity contribution < 1.29 is 18.3 Å². The summed E-state index contributed by atoms with van der Waals surface area (Å²) in [4.78, 5) is 11.1. The predicted molar refractivity (Wildman–Crippen MR) is 76.0 cm³/mol. The standard InChI is InChI=1S/C14H15NO4S/c1-10(14(16)17)15(2)20(18,19)13-9-5-7-11-6-3-4-8-12(11)13/h3-10H,1-2H3,(H,16,17). The van der Waals surface area contributed by atoms with E-state index >= 15 is 0 Å². The molecule has 0 heterocycles. The number of fused-ring (bicyclic) bond motifs is 1. The Labute approximate surface area is 117 Å². The second-order valence-electron chi connectivity index (χ2n) is 4.51. The number of likely N-dealkylation sites (N-methyl/N-ethyl adjacent to an activating group) is 1. The number of nitrogens with zero attached hydrogens (tertiary/aromatic N) is 1. The van der Waals surface area contributed by atoms with Crippen molar-refractivity contribution in [3.8, 4) is 0 Å². The minimum atomic E-state index is -3.86. The van der Waals surface area contributed by atoms with Gasteiger partial charge in [-0.3, -0.25) is 4.79 Å². The highest BCUT2D eigenvalue weighted by atomic mass is 32.2. The van der Waals surface area contributed by atoms with E-state index in [4.69, 9.17) is 5.11 Å². The number of sulfonamides is 1. The van der Waals surface area contributed by atoms with E-state index in [0.717, 1.165) is 9.69 Å². The van der Waals surface area contributed by atoms with Gasteiger partial charge in [-0.05, 0) is 18.4 Å². The molecule has 2 rings (SSSR count). The largest absolute Gasteiger partial charge is 0.480 e. The van der Waals surface area contributed by atoms with Gasteiger partial charge in [0.1, 0.15) is 6.04 Å². The summed E-state index contributed by atoms with van der Waals surface area (Å²) in [5.41, 5.74) is 0. The number of carboxylic acids is 1. The fourth-order valence-corrected chi connectivity index (χ4v) is 3.47. The molecule has 1 atom stereocenters. The smallest absolute Gasteiger partial charge is 0.321 e. The monoisotopic (exact) mass is 293 g/mol. The fraction of sp³-hybridized carbons (Fsp3) is 0.214. The fourth-order valence-electron chi connectivity index (χ4n) is 1.94. The second kappa shape index (κ2) is 5.22. The molecule has 106 valence electrons. The Bertz CT molecular complexity index is 749. The average molecular weight is 293 g/mol. The van der Waals surface area contributed by atoms with Crippen LogP contribution >= 0.6 is 0 Å². The van der Waals surface area contributed by atoms with Gasteiger partial charge < -0.3 is 5.11 Å². The quantitative estimate of drug-likeness (QED) is 0.934. The molecule has 0 bridgehead atoms. The third-order valence-corrected chi connectivity index (χ3v) is 5.30. The van der Waals surface area contributed by atoms with E-state index in [1.54, 1.807) is 18.2 Å². The summed E-state index contributed by atoms with van der Waals surface area (Å²) in [6.45, 7) is 1.34. The van der Waals surface area contributed by atoms with E-state index in [1.807, 2.05) is 18.2 Å². The molecule has 5 nitrogen and oxygen atoms in total. The van der Waals surface area contributed by atoms with Gasteiger partial charge in [-0.2, -0.15) is 4.31 Å². The molecule has 20 heavy (non-hydrogen) atoms. The second-order valence-corrected chi connectivity index (χ2v) is 6.48. The highest BCUT2D eigenvalue weighted by molar-refractivity contribution is 7.89. The number of hydrogen-bond donors (Lipinski definition) is 1. The van der Waals surface area contributed by atoms with E-state index in [-0.39, 0.29) is 4.90 Å². The topological polar surface area (TPSA) is 74.7 Å². The van der Waals surface area contributed by atoms with Crippen LogP contribution in [0.3, 0.4) is 0 Å². The first-order chi connectivity index (χ1) is 9.35. The third kappa shape index (κ3) is 2.39. The van der Waals surface area contributed by atoms with Crippen LogP contribution in [0.15, 0.2) is 47.4 Å². The van der Waals surface area contributed by atoms with Crippen molar-refractivity contribution in [3.63, 3.8) is 0 Å². The Morgan fingerprint density at radius 1 is 1.15 bits per heavy atom. The number of carbonyl (C=O) groups is 1. The lowest BCUT2D eigenvalue weighted by Gasteiger charge is -2.21. The Kier molecular flexibility index (Phi) is 3.78. The lowest BCUT2D eigenvalue weighted by Crippen LogP contribution is -2.40. The molecule has 1 N–H and O–H groups in total. The number of aliphatic carboxylic acids is 1. The van der Waals surface area contributed by atoms with E-state index < -0.39 is 22.0 Å². The molecule has 0 aliphatic rings. The van der Waals surface area contributed by atoms with Gasteiger partial charge in [-0.15, -0.1) is 0 Å². The molecule has 0 amide bonds. The van der Waals surface area contributed by atoms with Crippen molar-refractivity contribution in [3.05, 3.63) is 42.5 Å². The molecule has 0 fully saturated rings. The van der Waals surface area contributed by atoms with Gasteiger partial charge >= 0.3 is 5.97 Å². The van der Waals surface area contributed by atoms with Crippen LogP contribution < -0.4 is 0 Å². The van der Waals surface area contributed by atoms with E-state index in [1.165, 1.54) is 20.0 Å². The summed E-state index contributed by atoms with van der Waals surface area (Å²) >= 11 is 0. The Morgan fingerprint density at radius 3 is 2.40 bits per heavy atom. The van der Waals surface area contributed by atoms with Crippen LogP contribution in [-0.2, 0) is 14.8 Å². The molecule has 0 aromatic heterocycles. The highest BCUT2D eigenvalue weighted by Gasteiger charge is 2.30. The molecule has 0 radical (unpaired) electrons. The minimum absolute atomic E-state index is 0.117.